The molecule has 31 rings (SSSR count). The lowest BCUT2D eigenvalue weighted by molar-refractivity contribution is 0.620. The van der Waals surface area contributed by atoms with Crippen LogP contribution in [-0.2, 0) is 5.41 Å². The van der Waals surface area contributed by atoms with Crippen LogP contribution in [0.4, 0.5) is 0 Å². The molecule has 0 amide bonds. The Balaban J connectivity index is 0.0000000996. The van der Waals surface area contributed by atoms with E-state index in [9.17, 15) is 0 Å². The molecule has 0 N–H and O–H groups in total. The first-order valence-corrected chi connectivity index (χ1v) is 49.1. The first kappa shape index (κ1) is 77.6. The van der Waals surface area contributed by atoms with Crippen molar-refractivity contribution in [3.8, 4) is 67.3 Å². The minimum absolute atomic E-state index is 0.171. The summed E-state index contributed by atoms with van der Waals surface area (Å²) in [6, 6.07) is 156. The number of hydrogen-bond acceptors (Lipinski definition) is 7. The summed E-state index contributed by atoms with van der Waals surface area (Å²) in [5.74, 6) is 1.60. The Morgan fingerprint density at radius 2 is 0.635 bits per heavy atom. The average Bonchev–Trinajstić information content (AvgIpc) is 1.52. The molecule has 0 spiro atoms. The van der Waals surface area contributed by atoms with Gasteiger partial charge >= 0.3 is 0 Å². The summed E-state index contributed by atoms with van der Waals surface area (Å²) in [6.45, 7) is 4.80. The maximum Gasteiger partial charge on any atom is 0.227 e. The fourth-order valence-corrected chi connectivity index (χ4v) is 26.2. The molecule has 8 aromatic heterocycles. The first-order chi connectivity index (χ1) is 67.7. The lowest BCUT2D eigenvalue weighted by Gasteiger charge is -2.24. The van der Waals surface area contributed by atoms with Gasteiger partial charge in [0.1, 0.15) is 16.3 Å². The van der Waals surface area contributed by atoms with Crippen molar-refractivity contribution in [1.82, 2.24) is 33.2 Å². The van der Waals surface area contributed by atoms with Gasteiger partial charge in [0, 0.05) is 144 Å². The van der Waals surface area contributed by atoms with E-state index in [0.29, 0.717) is 5.89 Å². The van der Waals surface area contributed by atoms with Crippen molar-refractivity contribution in [3.05, 3.63) is 442 Å². The molecule has 1 aliphatic carbocycles. The molecule has 0 fully saturated rings. The third-order valence-electron chi connectivity index (χ3n) is 28.9. The fourth-order valence-electron chi connectivity index (χ4n) is 22.8. The molecule has 0 aliphatic heterocycles. The maximum absolute atomic E-state index is 6.25. The molecule has 0 atom stereocenters. The maximum atomic E-state index is 6.25. The number of benzene rings is 22. The van der Waals surface area contributed by atoms with Crippen LogP contribution in [0.25, 0.3) is 270 Å². The number of aromatic nitrogens is 7. The number of para-hydroxylation sites is 7. The number of thiophene rings is 2. The second kappa shape index (κ2) is 30.0. The predicted octanol–water partition coefficient (Wildman–Crippen LogP) is 35.4. The summed E-state index contributed by atoms with van der Waals surface area (Å²) in [6.07, 6.45) is 0. The Kier molecular flexibility index (Phi) is 17.0. The molecule has 0 unspecified atom stereocenters. The van der Waals surface area contributed by atoms with E-state index >= 15 is 0 Å². The molecule has 8 heterocycles. The predicted molar refractivity (Wildman–Crippen MR) is 582 cm³/mol. The lowest BCUT2D eigenvalue weighted by Crippen LogP contribution is -2.15. The van der Waals surface area contributed by atoms with Crippen molar-refractivity contribution in [2.45, 2.75) is 19.3 Å². The van der Waals surface area contributed by atoms with Crippen LogP contribution in [0.3, 0.4) is 0 Å². The van der Waals surface area contributed by atoms with Gasteiger partial charge in [0.05, 0.1) is 54.4 Å². The van der Waals surface area contributed by atoms with Gasteiger partial charge in [-0.05, 0) is 193 Å². The summed E-state index contributed by atoms with van der Waals surface area (Å²) in [4.78, 5) is 15.7. The molecule has 30 aromatic rings. The molecular formula is C126H77N7OS3. The fraction of sp³-hybridized carbons (Fsp3) is 0.0238. The van der Waals surface area contributed by atoms with Crippen molar-refractivity contribution in [3.63, 3.8) is 0 Å². The summed E-state index contributed by atoms with van der Waals surface area (Å²) < 4.78 is 22.2. The second-order valence-electron chi connectivity index (χ2n) is 36.7. The average molecular weight is 1800 g/mol. The lowest BCUT2D eigenvalue weighted by atomic mass is 9.79. The molecular weight excluding hydrogens is 1720 g/mol. The second-order valence-corrected chi connectivity index (χ2v) is 39.8. The van der Waals surface area contributed by atoms with Gasteiger partial charge in [-0.25, -0.2) is 15.0 Å². The molecule has 0 bridgehead atoms. The van der Waals surface area contributed by atoms with E-state index in [2.05, 4.69) is 426 Å². The zero-order chi connectivity index (χ0) is 90.0. The number of fused-ring (bicyclic) bond motifs is 36. The van der Waals surface area contributed by atoms with Crippen molar-refractivity contribution >= 4 is 237 Å². The zero-order valence-electron chi connectivity index (χ0n) is 74.3. The molecule has 0 saturated carbocycles. The normalized spacial score (nSPS) is 12.7. The highest BCUT2D eigenvalue weighted by Gasteiger charge is 2.39. The number of hydrogen-bond donors (Lipinski definition) is 0. The van der Waals surface area contributed by atoms with E-state index in [1.807, 2.05) is 59.1 Å². The molecule has 0 radical (unpaired) electrons. The molecule has 137 heavy (non-hydrogen) atoms. The number of thiazole rings is 1. The topological polar surface area (TPSA) is 71.5 Å². The standard InChI is InChI=1S/C45H27N3S.C42H28N2S.C39H22N2OS/c1-4-12-29(13-5-1)45-46-43-39(48(45)31-16-8-3-9-17-31)25-21-28-20-22-34-33(42(28)43)23-24-35-37-26-36-32-18-10-11-19-38(32)47(30-14-6-2-7-15-30)40(36)27-41(37)49-44(34)35;1-42(2)34-24-36-33(28-15-9-10-16-35(28)44(36)27-13-7-4-8-14-27)23-32(34)31-21-20-29-30(39(31)42)19-17-25-18-22-37-40(38(25)29)43-41(45-37)26-11-5-3-6-12-26;1-3-9-24(10-4-1)39-40-37-34(42-39)20-16-23-15-17-28-27(36(23)37)18-19-29-31-21-30-26-13-7-8-14-32(26)41(25-11-5-2-6-12-25)33(30)22-35(31)43-38(28)29/h1-27H;3-24H,1-2H3;1-22H. The first-order valence-electron chi connectivity index (χ1n) is 46.7. The van der Waals surface area contributed by atoms with Gasteiger partial charge in [-0.3, -0.25) is 4.57 Å². The van der Waals surface area contributed by atoms with Crippen LogP contribution in [0, 0.1) is 0 Å². The van der Waals surface area contributed by atoms with E-state index in [0.717, 1.165) is 60.7 Å². The Morgan fingerprint density at radius 3 is 1.17 bits per heavy atom. The van der Waals surface area contributed by atoms with Gasteiger partial charge in [0.25, 0.3) is 0 Å². The van der Waals surface area contributed by atoms with Crippen molar-refractivity contribution in [2.24, 2.45) is 0 Å². The van der Waals surface area contributed by atoms with Crippen LogP contribution in [0.15, 0.2) is 435 Å². The van der Waals surface area contributed by atoms with E-state index in [1.54, 1.807) is 11.3 Å². The van der Waals surface area contributed by atoms with E-state index < -0.39 is 0 Å². The third kappa shape index (κ3) is 11.7. The molecule has 22 aromatic carbocycles. The van der Waals surface area contributed by atoms with Crippen LogP contribution in [0.1, 0.15) is 25.0 Å². The number of oxazole rings is 1. The van der Waals surface area contributed by atoms with Crippen LogP contribution in [0.5, 0.6) is 0 Å². The highest BCUT2D eigenvalue weighted by molar-refractivity contribution is 7.27. The van der Waals surface area contributed by atoms with Gasteiger partial charge < -0.3 is 18.1 Å². The van der Waals surface area contributed by atoms with E-state index in [4.69, 9.17) is 19.4 Å². The SMILES string of the molecule is CC1(C)c2cc3c(cc2-c2ccc4c(ccc5ccc6sc(-c7ccccc7)nc6c54)c21)c1ccccc1n3-c1ccccc1.c1ccc(-c2nc3c(ccc4ccc5c(ccc6c7cc8c9ccccc9n(-c9ccccc9)c8cc7sc65)c43)o2)cc1.c1ccc(-c2nc3c4c(ccc5c4ccc4c6cc7c8ccccc8n(-c8ccccc8)c7cc6sc45)ccc3n2-c2ccccc2)cc1. The van der Waals surface area contributed by atoms with Crippen LogP contribution < -0.4 is 0 Å². The van der Waals surface area contributed by atoms with Gasteiger partial charge in [-0.1, -0.05) is 311 Å². The van der Waals surface area contributed by atoms with Crippen molar-refractivity contribution in [1.29, 1.82) is 0 Å². The van der Waals surface area contributed by atoms with Gasteiger partial charge in [0.2, 0.25) is 5.89 Å². The van der Waals surface area contributed by atoms with Gasteiger partial charge in [0.15, 0.2) is 5.58 Å². The molecule has 1 aliphatic rings. The number of rotatable bonds is 7. The monoisotopic (exact) mass is 1800 g/mol. The highest BCUT2D eigenvalue weighted by atomic mass is 32.1. The Hall–Kier alpha value is -16.9. The summed E-state index contributed by atoms with van der Waals surface area (Å²) in [5, 5.41) is 28.8. The van der Waals surface area contributed by atoms with E-state index in [1.165, 1.54) is 215 Å². The highest BCUT2D eigenvalue weighted by Crippen LogP contribution is 2.56. The molecule has 0 saturated heterocycles. The molecule has 8 nitrogen and oxygen atoms in total. The van der Waals surface area contributed by atoms with Crippen LogP contribution in [-0.4, -0.2) is 33.2 Å². The van der Waals surface area contributed by atoms with Gasteiger partial charge in [-0.15, -0.1) is 34.0 Å². The minimum Gasteiger partial charge on any atom is -0.436 e. The van der Waals surface area contributed by atoms with Crippen molar-refractivity contribution in [2.75, 3.05) is 0 Å². The minimum atomic E-state index is -0.171. The smallest absolute Gasteiger partial charge is 0.227 e. The Morgan fingerprint density at radius 1 is 0.241 bits per heavy atom. The number of nitrogens with zero attached hydrogens (tertiary/aromatic N) is 7. The quantitative estimate of drug-likeness (QED) is 0.149. The largest absolute Gasteiger partial charge is 0.436 e. The van der Waals surface area contributed by atoms with E-state index in [-0.39, 0.29) is 5.41 Å². The summed E-state index contributed by atoms with van der Waals surface area (Å²) in [5.41, 5.74) is 25.6. The summed E-state index contributed by atoms with van der Waals surface area (Å²) in [7, 11) is 0. The molecule has 11 heteroatoms. The zero-order valence-corrected chi connectivity index (χ0v) is 76.7. The summed E-state index contributed by atoms with van der Waals surface area (Å²) >= 11 is 5.55. The Labute approximate surface area is 796 Å². The number of imidazole rings is 1. The van der Waals surface area contributed by atoms with Gasteiger partial charge in [-0.2, -0.15) is 0 Å². The van der Waals surface area contributed by atoms with Crippen LogP contribution >= 0.6 is 34.0 Å². The molecule has 640 valence electrons. The van der Waals surface area contributed by atoms with Crippen LogP contribution in [0.2, 0.25) is 0 Å². The van der Waals surface area contributed by atoms with Crippen molar-refractivity contribution < 1.29 is 4.42 Å². The Bertz CT molecular complexity index is 10300. The third-order valence-corrected chi connectivity index (χ3v) is 32.3.